The predicted molar refractivity (Wildman–Crippen MR) is 104 cm³/mol. The fraction of sp³-hybridized carbons (Fsp3) is 0.750. The molecule has 1 aliphatic heterocycles. The Morgan fingerprint density at radius 2 is 1.85 bits per heavy atom. The van der Waals surface area contributed by atoms with Crippen molar-refractivity contribution in [2.24, 2.45) is 5.41 Å². The number of Topliss-reactive ketones (excluding diaryl/α,β-unsaturated/α-hetero) is 1. The molecule has 27 heavy (non-hydrogen) atoms. The molecule has 0 radical (unpaired) electrons. The van der Waals surface area contributed by atoms with Crippen LogP contribution >= 0.6 is 11.3 Å². The summed E-state index contributed by atoms with van der Waals surface area (Å²) in [5.41, 5.74) is -0.428. The number of piperidine rings is 1. The Balaban J connectivity index is 1.72. The standard InChI is InChI=1S/C20H30N2O4S/c1-18(2,3)26-17(25)22-8-6-20(7-9-22)10-13(24)15-14(11-20)27-16(21-15)19(4,5)12-23/h23H,6-12H2,1-5H3. The van der Waals surface area contributed by atoms with Crippen LogP contribution in [0, 0.1) is 5.41 Å². The number of hydrogen-bond acceptors (Lipinski definition) is 6. The highest BCUT2D eigenvalue weighted by Gasteiger charge is 2.44. The number of aliphatic hydroxyl groups excluding tert-OH is 1. The molecule has 1 aromatic rings. The third kappa shape index (κ3) is 4.19. The van der Waals surface area contributed by atoms with Gasteiger partial charge in [-0.15, -0.1) is 11.3 Å². The van der Waals surface area contributed by atoms with E-state index in [1.807, 2.05) is 34.6 Å². The zero-order valence-corrected chi connectivity index (χ0v) is 17.7. The molecule has 0 saturated carbocycles. The minimum absolute atomic E-state index is 0.00355. The molecule has 2 heterocycles. The van der Waals surface area contributed by atoms with Gasteiger partial charge in [0.05, 0.1) is 6.61 Å². The number of fused-ring (bicyclic) bond motifs is 1. The van der Waals surface area contributed by atoms with Crippen molar-refractivity contribution in [2.45, 2.75) is 71.3 Å². The van der Waals surface area contributed by atoms with Gasteiger partial charge in [0.1, 0.15) is 16.3 Å². The quantitative estimate of drug-likeness (QED) is 0.830. The van der Waals surface area contributed by atoms with Gasteiger partial charge < -0.3 is 14.7 Å². The molecule has 1 spiro atoms. The third-order valence-electron chi connectivity index (χ3n) is 5.48. The Hall–Kier alpha value is -1.47. The van der Waals surface area contributed by atoms with Crippen molar-refractivity contribution >= 4 is 23.2 Å². The number of amides is 1. The first kappa shape index (κ1) is 20.3. The molecule has 0 aromatic carbocycles. The number of ether oxygens (including phenoxy) is 1. The number of aliphatic hydroxyl groups is 1. The summed E-state index contributed by atoms with van der Waals surface area (Å²) in [5, 5.41) is 10.4. The molecule has 1 N–H and O–H groups in total. The van der Waals surface area contributed by atoms with Crippen LogP contribution in [0.4, 0.5) is 4.79 Å². The number of rotatable bonds is 2. The van der Waals surface area contributed by atoms with Gasteiger partial charge in [0.15, 0.2) is 5.78 Å². The van der Waals surface area contributed by atoms with Crippen LogP contribution in [0.1, 0.15) is 74.3 Å². The lowest BCUT2D eigenvalue weighted by Gasteiger charge is -2.43. The molecule has 7 heteroatoms. The minimum Gasteiger partial charge on any atom is -0.444 e. The highest BCUT2D eigenvalue weighted by Crippen LogP contribution is 2.46. The van der Waals surface area contributed by atoms with Crippen LogP contribution in [-0.4, -0.2) is 52.2 Å². The van der Waals surface area contributed by atoms with Gasteiger partial charge in [0.2, 0.25) is 0 Å². The smallest absolute Gasteiger partial charge is 0.410 e. The Morgan fingerprint density at radius 1 is 1.22 bits per heavy atom. The zero-order valence-electron chi connectivity index (χ0n) is 16.9. The Kier molecular flexibility index (Phi) is 5.14. The molecule has 1 fully saturated rings. The van der Waals surface area contributed by atoms with Crippen LogP contribution in [0.2, 0.25) is 0 Å². The van der Waals surface area contributed by atoms with Gasteiger partial charge in [-0.05, 0) is 45.4 Å². The number of ketones is 1. The second kappa shape index (κ2) is 6.85. The molecule has 2 aliphatic rings. The first-order valence-corrected chi connectivity index (χ1v) is 10.4. The maximum absolute atomic E-state index is 12.8. The second-order valence-electron chi connectivity index (χ2n) is 9.58. The van der Waals surface area contributed by atoms with Crippen molar-refractivity contribution in [3.05, 3.63) is 15.6 Å². The highest BCUT2D eigenvalue weighted by molar-refractivity contribution is 7.12. The molecule has 1 saturated heterocycles. The molecule has 1 aliphatic carbocycles. The highest BCUT2D eigenvalue weighted by atomic mass is 32.1. The van der Waals surface area contributed by atoms with Gasteiger partial charge >= 0.3 is 6.09 Å². The van der Waals surface area contributed by atoms with Crippen LogP contribution < -0.4 is 0 Å². The van der Waals surface area contributed by atoms with Crippen LogP contribution in [0.5, 0.6) is 0 Å². The largest absolute Gasteiger partial charge is 0.444 e. The molecule has 0 atom stereocenters. The average Bonchev–Trinajstić information content (AvgIpc) is 2.99. The Bertz CT molecular complexity index is 740. The fourth-order valence-electron chi connectivity index (χ4n) is 3.72. The molecule has 150 valence electrons. The summed E-state index contributed by atoms with van der Waals surface area (Å²) in [4.78, 5) is 32.4. The van der Waals surface area contributed by atoms with Crippen LogP contribution in [0.15, 0.2) is 0 Å². The van der Waals surface area contributed by atoms with E-state index in [1.165, 1.54) is 0 Å². The summed E-state index contributed by atoms with van der Waals surface area (Å²) >= 11 is 1.56. The normalized spacial score (nSPS) is 19.9. The van der Waals surface area contributed by atoms with Crippen LogP contribution in [0.25, 0.3) is 0 Å². The first-order chi connectivity index (χ1) is 12.4. The molecule has 1 aromatic heterocycles. The van der Waals surface area contributed by atoms with Gasteiger partial charge in [0, 0.05) is 29.8 Å². The molecule has 3 rings (SSSR count). The maximum atomic E-state index is 12.8. The number of thiazole rings is 1. The van der Waals surface area contributed by atoms with E-state index in [4.69, 9.17) is 4.74 Å². The summed E-state index contributed by atoms with van der Waals surface area (Å²) in [7, 11) is 0. The zero-order chi connectivity index (χ0) is 20.0. The lowest BCUT2D eigenvalue weighted by Crippen LogP contribution is -2.47. The second-order valence-corrected chi connectivity index (χ2v) is 10.7. The van der Waals surface area contributed by atoms with E-state index < -0.39 is 11.0 Å². The summed E-state index contributed by atoms with van der Waals surface area (Å²) in [6.45, 7) is 10.7. The number of hydrogen-bond donors (Lipinski definition) is 1. The maximum Gasteiger partial charge on any atom is 0.410 e. The van der Waals surface area contributed by atoms with Crippen molar-refractivity contribution < 1.29 is 19.4 Å². The van der Waals surface area contributed by atoms with Crippen molar-refractivity contribution in [3.63, 3.8) is 0 Å². The molecular weight excluding hydrogens is 364 g/mol. The Labute approximate surface area is 164 Å². The van der Waals surface area contributed by atoms with E-state index in [9.17, 15) is 14.7 Å². The summed E-state index contributed by atoms with van der Waals surface area (Å²) < 4.78 is 5.47. The number of nitrogens with zero attached hydrogens (tertiary/aromatic N) is 2. The van der Waals surface area contributed by atoms with E-state index in [-0.39, 0.29) is 23.9 Å². The number of likely N-dealkylation sites (tertiary alicyclic amines) is 1. The lowest BCUT2D eigenvalue weighted by atomic mass is 9.68. The van der Waals surface area contributed by atoms with E-state index in [0.717, 1.165) is 29.1 Å². The number of carbonyl (C=O) groups excluding carboxylic acids is 2. The minimum atomic E-state index is -0.500. The van der Waals surface area contributed by atoms with Crippen LogP contribution in [-0.2, 0) is 16.6 Å². The summed E-state index contributed by atoms with van der Waals surface area (Å²) in [5.74, 6) is 0.0956. The molecule has 0 bridgehead atoms. The molecule has 6 nitrogen and oxygen atoms in total. The van der Waals surface area contributed by atoms with Gasteiger partial charge in [-0.3, -0.25) is 4.79 Å². The van der Waals surface area contributed by atoms with Gasteiger partial charge in [0.25, 0.3) is 0 Å². The van der Waals surface area contributed by atoms with E-state index in [0.29, 0.717) is 25.2 Å². The molecule has 1 amide bonds. The molecular formula is C20H30N2O4S. The monoisotopic (exact) mass is 394 g/mol. The lowest BCUT2D eigenvalue weighted by molar-refractivity contribution is 0.00894. The van der Waals surface area contributed by atoms with E-state index in [1.54, 1.807) is 16.2 Å². The van der Waals surface area contributed by atoms with E-state index in [2.05, 4.69) is 4.98 Å². The molecule has 0 unspecified atom stereocenters. The summed E-state index contributed by atoms with van der Waals surface area (Å²) in [6.07, 6.45) is 2.65. The van der Waals surface area contributed by atoms with Crippen molar-refractivity contribution in [1.82, 2.24) is 9.88 Å². The van der Waals surface area contributed by atoms with Crippen LogP contribution in [0.3, 0.4) is 0 Å². The fourth-order valence-corrected chi connectivity index (χ4v) is 5.06. The van der Waals surface area contributed by atoms with Crippen molar-refractivity contribution in [3.8, 4) is 0 Å². The van der Waals surface area contributed by atoms with Crippen molar-refractivity contribution in [2.75, 3.05) is 19.7 Å². The average molecular weight is 395 g/mol. The van der Waals surface area contributed by atoms with Gasteiger partial charge in [-0.1, -0.05) is 13.8 Å². The third-order valence-corrected chi connectivity index (χ3v) is 6.90. The summed E-state index contributed by atoms with van der Waals surface area (Å²) in [6, 6.07) is 0. The topological polar surface area (TPSA) is 79.7 Å². The Morgan fingerprint density at radius 3 is 2.41 bits per heavy atom. The predicted octanol–water partition coefficient (Wildman–Crippen LogP) is 3.56. The van der Waals surface area contributed by atoms with E-state index >= 15 is 0 Å². The first-order valence-electron chi connectivity index (χ1n) is 9.57. The number of aromatic nitrogens is 1. The number of carbonyl (C=O) groups is 2. The van der Waals surface area contributed by atoms with Gasteiger partial charge in [-0.25, -0.2) is 9.78 Å². The SMILES string of the molecule is CC(C)(C)OC(=O)N1CCC2(CC1)CC(=O)c1nc(C(C)(C)CO)sc1C2. The van der Waals surface area contributed by atoms with Crippen molar-refractivity contribution in [1.29, 1.82) is 0 Å². The van der Waals surface area contributed by atoms with Gasteiger partial charge in [-0.2, -0.15) is 0 Å².